The maximum atomic E-state index is 12.0. The Morgan fingerprint density at radius 1 is 1.37 bits per heavy atom. The SMILES string of the molecule is CCOc1cccc(N)c1C(=O)OCCCN(C)C. The molecule has 0 aliphatic carbocycles. The van der Waals surface area contributed by atoms with Gasteiger partial charge in [-0.15, -0.1) is 0 Å². The molecular weight excluding hydrogens is 244 g/mol. The van der Waals surface area contributed by atoms with E-state index in [2.05, 4.69) is 0 Å². The zero-order valence-electron chi connectivity index (χ0n) is 11.8. The van der Waals surface area contributed by atoms with Crippen LogP contribution in [0, 0.1) is 0 Å². The first kappa shape index (κ1) is 15.3. The van der Waals surface area contributed by atoms with Crippen LogP contribution in [0.3, 0.4) is 0 Å². The van der Waals surface area contributed by atoms with Crippen molar-refractivity contribution in [2.75, 3.05) is 39.6 Å². The van der Waals surface area contributed by atoms with E-state index >= 15 is 0 Å². The number of esters is 1. The Bertz CT molecular complexity index is 419. The third kappa shape index (κ3) is 4.79. The molecule has 0 fully saturated rings. The second-order valence-electron chi connectivity index (χ2n) is 4.45. The Hall–Kier alpha value is -1.75. The summed E-state index contributed by atoms with van der Waals surface area (Å²) in [4.78, 5) is 14.0. The summed E-state index contributed by atoms with van der Waals surface area (Å²) in [6, 6.07) is 5.14. The van der Waals surface area contributed by atoms with E-state index in [9.17, 15) is 4.79 Å². The van der Waals surface area contributed by atoms with Crippen LogP contribution in [0.4, 0.5) is 5.69 Å². The molecule has 1 aromatic carbocycles. The molecular formula is C14H22N2O3. The molecule has 1 aromatic rings. The molecule has 0 spiro atoms. The molecule has 0 aliphatic rings. The van der Waals surface area contributed by atoms with Gasteiger partial charge in [-0.2, -0.15) is 0 Å². The fourth-order valence-electron chi connectivity index (χ4n) is 1.66. The van der Waals surface area contributed by atoms with Gasteiger partial charge in [-0.3, -0.25) is 0 Å². The van der Waals surface area contributed by atoms with Gasteiger partial charge in [0.1, 0.15) is 11.3 Å². The number of hydrogen-bond acceptors (Lipinski definition) is 5. The lowest BCUT2D eigenvalue weighted by molar-refractivity contribution is 0.0490. The van der Waals surface area contributed by atoms with Crippen LogP contribution in [0.1, 0.15) is 23.7 Å². The van der Waals surface area contributed by atoms with Gasteiger partial charge in [0.15, 0.2) is 0 Å². The molecule has 5 nitrogen and oxygen atoms in total. The van der Waals surface area contributed by atoms with Crippen LogP contribution in [-0.4, -0.2) is 44.7 Å². The summed E-state index contributed by atoms with van der Waals surface area (Å²) >= 11 is 0. The van der Waals surface area contributed by atoms with Crippen LogP contribution in [-0.2, 0) is 4.74 Å². The number of hydrogen-bond donors (Lipinski definition) is 1. The minimum Gasteiger partial charge on any atom is -0.493 e. The third-order valence-corrected chi connectivity index (χ3v) is 2.55. The number of carbonyl (C=O) groups excluding carboxylic acids is 1. The van der Waals surface area contributed by atoms with Gasteiger partial charge in [0.2, 0.25) is 0 Å². The molecule has 0 bridgehead atoms. The number of nitrogens with zero attached hydrogens (tertiary/aromatic N) is 1. The van der Waals surface area contributed by atoms with E-state index in [1.54, 1.807) is 18.2 Å². The van der Waals surface area contributed by atoms with E-state index in [-0.39, 0.29) is 0 Å². The minimum atomic E-state index is -0.430. The van der Waals surface area contributed by atoms with Crippen molar-refractivity contribution in [1.82, 2.24) is 4.90 Å². The first-order chi connectivity index (χ1) is 9.06. The number of carbonyl (C=O) groups is 1. The largest absolute Gasteiger partial charge is 0.493 e. The standard InChI is InChI=1S/C14H22N2O3/c1-4-18-12-8-5-7-11(15)13(12)14(17)19-10-6-9-16(2)3/h5,7-8H,4,6,9-10,15H2,1-3H3. The molecule has 19 heavy (non-hydrogen) atoms. The summed E-state index contributed by atoms with van der Waals surface area (Å²) in [5.74, 6) is 0.0421. The molecule has 0 amide bonds. The number of nitrogens with two attached hydrogens (primary N) is 1. The zero-order chi connectivity index (χ0) is 14.3. The van der Waals surface area contributed by atoms with Gasteiger partial charge < -0.3 is 20.1 Å². The maximum absolute atomic E-state index is 12.0. The minimum absolute atomic E-state index is 0.314. The first-order valence-electron chi connectivity index (χ1n) is 6.39. The molecule has 2 N–H and O–H groups in total. The van der Waals surface area contributed by atoms with E-state index in [0.29, 0.717) is 30.2 Å². The molecule has 0 unspecified atom stereocenters. The highest BCUT2D eigenvalue weighted by molar-refractivity contribution is 5.98. The molecule has 0 saturated carbocycles. The quantitative estimate of drug-likeness (QED) is 0.463. The maximum Gasteiger partial charge on any atom is 0.344 e. The summed E-state index contributed by atoms with van der Waals surface area (Å²) in [6.07, 6.45) is 0.787. The molecule has 1 rings (SSSR count). The second-order valence-corrected chi connectivity index (χ2v) is 4.45. The van der Waals surface area contributed by atoms with Crippen LogP contribution < -0.4 is 10.5 Å². The summed E-state index contributed by atoms with van der Waals surface area (Å²) in [6.45, 7) is 3.58. The molecule has 0 radical (unpaired) electrons. The van der Waals surface area contributed by atoms with Gasteiger partial charge in [-0.1, -0.05) is 6.07 Å². The number of ether oxygens (including phenoxy) is 2. The van der Waals surface area contributed by atoms with Crippen LogP contribution in [0.2, 0.25) is 0 Å². The number of rotatable bonds is 7. The van der Waals surface area contributed by atoms with Gasteiger partial charge in [-0.05, 0) is 39.6 Å². The van der Waals surface area contributed by atoms with Crippen LogP contribution in [0.25, 0.3) is 0 Å². The average molecular weight is 266 g/mol. The molecule has 0 aromatic heterocycles. The Balaban J connectivity index is 2.65. The van der Waals surface area contributed by atoms with Gasteiger partial charge in [-0.25, -0.2) is 4.79 Å². The molecule has 0 aliphatic heterocycles. The van der Waals surface area contributed by atoms with Gasteiger partial charge in [0.05, 0.1) is 13.2 Å². The lowest BCUT2D eigenvalue weighted by atomic mass is 10.1. The molecule has 5 heteroatoms. The summed E-state index contributed by atoms with van der Waals surface area (Å²) in [5.41, 5.74) is 6.51. The van der Waals surface area contributed by atoms with Crippen LogP contribution >= 0.6 is 0 Å². The Morgan fingerprint density at radius 3 is 2.74 bits per heavy atom. The Kier molecular flexibility index (Phi) is 6.15. The van der Waals surface area contributed by atoms with Gasteiger partial charge in [0.25, 0.3) is 0 Å². The van der Waals surface area contributed by atoms with Gasteiger partial charge in [0, 0.05) is 12.2 Å². The van der Waals surface area contributed by atoms with E-state index in [4.69, 9.17) is 15.2 Å². The predicted molar refractivity (Wildman–Crippen MR) is 75.5 cm³/mol. The highest BCUT2D eigenvalue weighted by atomic mass is 16.5. The highest BCUT2D eigenvalue weighted by Crippen LogP contribution is 2.25. The van der Waals surface area contributed by atoms with E-state index < -0.39 is 5.97 Å². The van der Waals surface area contributed by atoms with E-state index in [1.165, 1.54) is 0 Å². The number of nitrogen functional groups attached to an aromatic ring is 1. The van der Waals surface area contributed by atoms with Crippen LogP contribution in [0.15, 0.2) is 18.2 Å². The average Bonchev–Trinajstić information content (AvgIpc) is 2.35. The lowest BCUT2D eigenvalue weighted by Gasteiger charge is -2.13. The lowest BCUT2D eigenvalue weighted by Crippen LogP contribution is -2.17. The fraction of sp³-hybridized carbons (Fsp3) is 0.500. The molecule has 0 heterocycles. The van der Waals surface area contributed by atoms with Crippen molar-refractivity contribution in [2.45, 2.75) is 13.3 Å². The molecule has 0 atom stereocenters. The number of anilines is 1. The molecule has 0 saturated heterocycles. The normalized spacial score (nSPS) is 10.5. The number of benzene rings is 1. The summed E-state index contributed by atoms with van der Waals surface area (Å²) < 4.78 is 10.6. The predicted octanol–water partition coefficient (Wildman–Crippen LogP) is 1.78. The second kappa shape index (κ2) is 7.63. The van der Waals surface area contributed by atoms with Crippen molar-refractivity contribution < 1.29 is 14.3 Å². The van der Waals surface area contributed by atoms with E-state index in [0.717, 1.165) is 13.0 Å². The Labute approximate surface area is 114 Å². The van der Waals surface area contributed by atoms with Crippen molar-refractivity contribution in [2.24, 2.45) is 0 Å². The topological polar surface area (TPSA) is 64.8 Å². The van der Waals surface area contributed by atoms with Crippen molar-refractivity contribution in [1.29, 1.82) is 0 Å². The Morgan fingerprint density at radius 2 is 2.11 bits per heavy atom. The van der Waals surface area contributed by atoms with Crippen molar-refractivity contribution in [3.63, 3.8) is 0 Å². The van der Waals surface area contributed by atoms with Crippen molar-refractivity contribution >= 4 is 11.7 Å². The van der Waals surface area contributed by atoms with Crippen LogP contribution in [0.5, 0.6) is 5.75 Å². The van der Waals surface area contributed by atoms with E-state index in [1.807, 2.05) is 25.9 Å². The highest BCUT2D eigenvalue weighted by Gasteiger charge is 2.17. The third-order valence-electron chi connectivity index (χ3n) is 2.55. The fourth-order valence-corrected chi connectivity index (χ4v) is 1.66. The summed E-state index contributed by atoms with van der Waals surface area (Å²) in [5, 5.41) is 0. The smallest absolute Gasteiger partial charge is 0.344 e. The van der Waals surface area contributed by atoms with Crippen molar-refractivity contribution in [3.8, 4) is 5.75 Å². The van der Waals surface area contributed by atoms with Crippen molar-refractivity contribution in [3.05, 3.63) is 23.8 Å². The monoisotopic (exact) mass is 266 g/mol. The molecule has 106 valence electrons. The van der Waals surface area contributed by atoms with Gasteiger partial charge >= 0.3 is 5.97 Å². The zero-order valence-corrected chi connectivity index (χ0v) is 11.8. The summed E-state index contributed by atoms with van der Waals surface area (Å²) in [7, 11) is 3.95. The first-order valence-corrected chi connectivity index (χ1v) is 6.39.